The van der Waals surface area contributed by atoms with E-state index in [0.29, 0.717) is 26.2 Å². The molecule has 2 fully saturated rings. The number of nitrogens with zero attached hydrogens (tertiary/aromatic N) is 7. The highest BCUT2D eigenvalue weighted by molar-refractivity contribution is 6.34. The Morgan fingerprint density at radius 3 is 2.33 bits per heavy atom. The number of nitrogens with one attached hydrogen (secondary N) is 2. The number of halogens is 5. The molecule has 2 aliphatic rings. The number of H-pyrrole nitrogens is 1. The second-order valence-corrected chi connectivity index (χ2v) is 13.8. The summed E-state index contributed by atoms with van der Waals surface area (Å²) in [4.78, 5) is 50.9. The maximum absolute atomic E-state index is 14.1. The molecule has 13 nitrogen and oxygen atoms in total. The molecular weight excluding hydrogens is 696 g/mol. The van der Waals surface area contributed by atoms with E-state index in [-0.39, 0.29) is 62.6 Å². The first-order valence-corrected chi connectivity index (χ1v) is 16.5. The number of carbonyl (C=O) groups is 3. The Morgan fingerprint density at radius 2 is 1.71 bits per heavy atom. The molecule has 18 heteroatoms. The number of imidazole rings is 1. The van der Waals surface area contributed by atoms with Crippen molar-refractivity contribution in [1.82, 2.24) is 34.5 Å². The fraction of sp³-hybridized carbons (Fsp3) is 0.394. The van der Waals surface area contributed by atoms with Gasteiger partial charge < -0.3 is 29.9 Å². The van der Waals surface area contributed by atoms with Gasteiger partial charge in [-0.1, -0.05) is 11.6 Å². The number of hydrogen-bond donors (Lipinski definition) is 3. The number of pyridine rings is 1. The summed E-state index contributed by atoms with van der Waals surface area (Å²) >= 11 is 6.49. The Morgan fingerprint density at radius 1 is 1.04 bits per heavy atom. The Balaban J connectivity index is 1.14. The average Bonchev–Trinajstić information content (AvgIpc) is 3.69. The third-order valence-corrected chi connectivity index (χ3v) is 9.78. The van der Waals surface area contributed by atoms with E-state index in [2.05, 4.69) is 34.5 Å². The summed E-state index contributed by atoms with van der Waals surface area (Å²) in [7, 11) is 5.66. The van der Waals surface area contributed by atoms with Crippen LogP contribution in [0.25, 0.3) is 22.6 Å². The van der Waals surface area contributed by atoms with Crippen molar-refractivity contribution < 1.29 is 36.4 Å². The van der Waals surface area contributed by atoms with Crippen molar-refractivity contribution in [2.45, 2.75) is 19.0 Å². The molecule has 0 radical (unpaired) electrons. The van der Waals surface area contributed by atoms with Gasteiger partial charge in [0, 0.05) is 57.7 Å². The molecule has 3 aromatic heterocycles. The lowest BCUT2D eigenvalue weighted by Gasteiger charge is -2.40. The predicted molar refractivity (Wildman–Crippen MR) is 180 cm³/mol. The molecule has 270 valence electrons. The third-order valence-electron chi connectivity index (χ3n) is 9.47. The van der Waals surface area contributed by atoms with E-state index < -0.39 is 29.3 Å². The van der Waals surface area contributed by atoms with Crippen molar-refractivity contribution in [2.75, 3.05) is 64.4 Å². The van der Waals surface area contributed by atoms with Crippen LogP contribution in [0.1, 0.15) is 39.5 Å². The van der Waals surface area contributed by atoms with Crippen molar-refractivity contribution in [1.29, 1.82) is 0 Å². The lowest BCUT2D eigenvalue weighted by Crippen LogP contribution is -2.54. The molecule has 1 aromatic carbocycles. The van der Waals surface area contributed by atoms with E-state index in [1.54, 1.807) is 4.90 Å². The number of aromatic nitrogens is 5. The molecule has 2 aliphatic heterocycles. The van der Waals surface area contributed by atoms with Crippen LogP contribution in [0, 0.1) is 11.9 Å². The zero-order valence-corrected chi connectivity index (χ0v) is 28.8. The summed E-state index contributed by atoms with van der Waals surface area (Å²) in [5.41, 5.74) is 3.14. The number of nitrogens with two attached hydrogens (primary N) is 1. The molecule has 6 rings (SSSR count). The van der Waals surface area contributed by atoms with Crippen LogP contribution in [-0.4, -0.2) is 110 Å². The predicted octanol–water partition coefficient (Wildman–Crippen LogP) is 4.29. The minimum atomic E-state index is -4.90. The molecule has 0 atom stereocenters. The van der Waals surface area contributed by atoms with Gasteiger partial charge in [0.05, 0.1) is 66.6 Å². The summed E-state index contributed by atoms with van der Waals surface area (Å²) < 4.78 is 58.3. The normalized spacial score (nSPS) is 16.7. The van der Waals surface area contributed by atoms with E-state index in [1.165, 1.54) is 31.3 Å². The molecule has 0 spiro atoms. The molecule has 3 amide bonds. The van der Waals surface area contributed by atoms with Gasteiger partial charge in [0.1, 0.15) is 11.4 Å². The second-order valence-electron chi connectivity index (χ2n) is 13.3. The van der Waals surface area contributed by atoms with Crippen molar-refractivity contribution in [3.05, 3.63) is 64.6 Å². The molecule has 51 heavy (non-hydrogen) atoms. The lowest BCUT2D eigenvalue weighted by atomic mass is 9.94. The quantitative estimate of drug-likeness (QED) is 0.152. The Hall–Kier alpha value is -5.03. The molecule has 4 aromatic rings. The monoisotopic (exact) mass is 731 g/mol. The number of likely N-dealkylation sites (tertiary alicyclic amines) is 1. The summed E-state index contributed by atoms with van der Waals surface area (Å²) in [6.45, 7) is 3.46. The average molecular weight is 732 g/mol. The Kier molecular flexibility index (Phi) is 9.54. The summed E-state index contributed by atoms with van der Waals surface area (Å²) in [5.74, 6) is -2.30. The van der Waals surface area contributed by atoms with Gasteiger partial charge in [-0.2, -0.15) is 22.7 Å². The second kappa shape index (κ2) is 13.6. The number of benzene rings is 1. The van der Waals surface area contributed by atoms with Crippen LogP contribution < -0.4 is 11.1 Å². The number of amides is 3. The van der Waals surface area contributed by atoms with Crippen molar-refractivity contribution in [3.8, 4) is 22.6 Å². The van der Waals surface area contributed by atoms with E-state index in [0.717, 1.165) is 47.2 Å². The molecule has 2 saturated heterocycles. The van der Waals surface area contributed by atoms with Crippen molar-refractivity contribution in [3.63, 3.8) is 0 Å². The number of aromatic amines is 1. The highest BCUT2D eigenvalue weighted by atomic mass is 35.5. The van der Waals surface area contributed by atoms with Gasteiger partial charge in [-0.05, 0) is 30.3 Å². The zero-order valence-electron chi connectivity index (χ0n) is 28.0. The van der Waals surface area contributed by atoms with Gasteiger partial charge >= 0.3 is 6.18 Å². The van der Waals surface area contributed by atoms with Crippen LogP contribution >= 0.6 is 11.6 Å². The van der Waals surface area contributed by atoms with Gasteiger partial charge in [0.2, 0.25) is 11.9 Å². The fourth-order valence-corrected chi connectivity index (χ4v) is 6.70. The SMILES string of the molecule is Cn1c(-c2c(-c3ccc(N)c(F)n3)n[nH]c2C(F)(F)F)cnc1C(=O)Nc1ccc(C(=O)N2CCN(C(=O)C3CC[N+](C)(C)CC3)CC2)c(Cl)c1. The number of piperazine rings is 1. The summed E-state index contributed by atoms with van der Waals surface area (Å²) in [6.07, 6.45) is -2.14. The molecule has 0 saturated carbocycles. The van der Waals surface area contributed by atoms with Gasteiger partial charge in [0.25, 0.3) is 11.8 Å². The van der Waals surface area contributed by atoms with Gasteiger partial charge in [-0.15, -0.1) is 0 Å². The van der Waals surface area contributed by atoms with Gasteiger partial charge in [0.15, 0.2) is 5.82 Å². The minimum Gasteiger partial charge on any atom is -0.395 e. The van der Waals surface area contributed by atoms with Crippen LogP contribution in [0.2, 0.25) is 5.02 Å². The smallest absolute Gasteiger partial charge is 0.395 e. The van der Waals surface area contributed by atoms with E-state index >= 15 is 0 Å². The Bertz CT molecular complexity index is 1990. The third kappa shape index (κ3) is 7.26. The molecule has 4 N–H and O–H groups in total. The number of anilines is 2. The molecular formula is C33H36ClF4N10O3+. The first-order chi connectivity index (χ1) is 24.0. The molecule has 0 bridgehead atoms. The van der Waals surface area contributed by atoms with Crippen molar-refractivity contribution >= 4 is 40.7 Å². The van der Waals surface area contributed by atoms with Crippen LogP contribution in [-0.2, 0) is 18.0 Å². The van der Waals surface area contributed by atoms with Crippen LogP contribution in [0.3, 0.4) is 0 Å². The maximum atomic E-state index is 14.1. The highest BCUT2D eigenvalue weighted by Crippen LogP contribution is 2.41. The first-order valence-electron chi connectivity index (χ1n) is 16.1. The number of nitrogen functional groups attached to an aromatic ring is 1. The zero-order chi connectivity index (χ0) is 36.8. The largest absolute Gasteiger partial charge is 0.433 e. The number of rotatable bonds is 6. The number of hydrogen-bond acceptors (Lipinski definition) is 7. The maximum Gasteiger partial charge on any atom is 0.433 e. The van der Waals surface area contributed by atoms with E-state index in [9.17, 15) is 31.9 Å². The summed E-state index contributed by atoms with van der Waals surface area (Å²) in [6, 6.07) is 6.70. The Labute approximate surface area is 295 Å². The van der Waals surface area contributed by atoms with Crippen molar-refractivity contribution in [2.24, 2.45) is 13.0 Å². The lowest BCUT2D eigenvalue weighted by molar-refractivity contribution is -0.895. The highest BCUT2D eigenvalue weighted by Gasteiger charge is 2.40. The number of carbonyl (C=O) groups excluding carboxylic acids is 3. The van der Waals surface area contributed by atoms with E-state index in [4.69, 9.17) is 17.3 Å². The molecule has 5 heterocycles. The van der Waals surface area contributed by atoms with Gasteiger partial charge in [-0.25, -0.2) is 9.97 Å². The molecule has 0 unspecified atom stereocenters. The first kappa shape index (κ1) is 35.8. The number of piperidine rings is 1. The van der Waals surface area contributed by atoms with E-state index in [1.807, 2.05) is 10.00 Å². The molecule has 0 aliphatic carbocycles. The van der Waals surface area contributed by atoms with Crippen LogP contribution in [0.4, 0.5) is 28.9 Å². The van der Waals surface area contributed by atoms with Crippen LogP contribution in [0.15, 0.2) is 36.5 Å². The van der Waals surface area contributed by atoms with Gasteiger partial charge in [-0.3, -0.25) is 19.5 Å². The fourth-order valence-electron chi connectivity index (χ4n) is 6.44. The number of alkyl halides is 3. The number of quaternary nitrogens is 1. The van der Waals surface area contributed by atoms with Crippen LogP contribution in [0.5, 0.6) is 0 Å². The summed E-state index contributed by atoms with van der Waals surface area (Å²) in [5, 5.41) is 8.36. The minimum absolute atomic E-state index is 0.00580. The topological polar surface area (TPSA) is 155 Å². The standard InChI is InChI=1S/C33H35ClF4N10O3/c1-45-24(25-26(43-44-27(25)33(36,37)38)23-7-6-22(39)28(35)42-23)17-40-29(45)30(49)41-19-4-5-20(21(34)16-19)32(51)47-12-10-46(11-13-47)31(50)18-8-14-48(2,3)15-9-18/h4-7,16-18H,8-15H2,1-3H3,(H3-,39,40,41,42,43,44,49,51)/p+1.